The van der Waals surface area contributed by atoms with Crippen LogP contribution in [0.2, 0.25) is 0 Å². The van der Waals surface area contributed by atoms with E-state index in [1.807, 2.05) is 31.2 Å². The van der Waals surface area contributed by atoms with Crippen LogP contribution in [0.4, 0.5) is 5.69 Å². The SMILES string of the molecule is Cc1cccc(NC(=O)CN2CCN(Cc3ccccc3C)CC2)c1. The summed E-state index contributed by atoms with van der Waals surface area (Å²) in [5.41, 5.74) is 4.78. The average Bonchev–Trinajstić information content (AvgIpc) is 2.58. The molecular weight excluding hydrogens is 310 g/mol. The Bertz CT molecular complexity index is 721. The Balaban J connectivity index is 1.44. The Morgan fingerprint density at radius 1 is 0.960 bits per heavy atom. The van der Waals surface area contributed by atoms with Crippen molar-refractivity contribution >= 4 is 11.6 Å². The number of carbonyl (C=O) groups excluding carboxylic acids is 1. The zero-order valence-corrected chi connectivity index (χ0v) is 15.2. The van der Waals surface area contributed by atoms with Crippen molar-refractivity contribution in [3.63, 3.8) is 0 Å². The van der Waals surface area contributed by atoms with Crippen LogP contribution in [0.5, 0.6) is 0 Å². The van der Waals surface area contributed by atoms with E-state index in [0.29, 0.717) is 6.54 Å². The van der Waals surface area contributed by atoms with Crippen LogP contribution in [0.1, 0.15) is 16.7 Å². The van der Waals surface area contributed by atoms with Crippen LogP contribution in [0.3, 0.4) is 0 Å². The molecule has 0 unspecified atom stereocenters. The maximum atomic E-state index is 12.2. The Labute approximate surface area is 150 Å². The highest BCUT2D eigenvalue weighted by Gasteiger charge is 2.19. The van der Waals surface area contributed by atoms with Crippen LogP contribution in [0, 0.1) is 13.8 Å². The summed E-state index contributed by atoms with van der Waals surface area (Å²) in [4.78, 5) is 16.9. The van der Waals surface area contributed by atoms with Crippen molar-refractivity contribution in [1.29, 1.82) is 0 Å². The lowest BCUT2D eigenvalue weighted by Gasteiger charge is -2.34. The lowest BCUT2D eigenvalue weighted by atomic mass is 10.1. The molecule has 4 nitrogen and oxygen atoms in total. The summed E-state index contributed by atoms with van der Waals surface area (Å²) < 4.78 is 0. The van der Waals surface area contributed by atoms with Gasteiger partial charge in [-0.15, -0.1) is 0 Å². The van der Waals surface area contributed by atoms with Crippen molar-refractivity contribution in [3.8, 4) is 0 Å². The van der Waals surface area contributed by atoms with Crippen LogP contribution < -0.4 is 5.32 Å². The molecule has 132 valence electrons. The molecule has 0 atom stereocenters. The smallest absolute Gasteiger partial charge is 0.238 e. The first-order valence-corrected chi connectivity index (χ1v) is 8.96. The molecule has 0 bridgehead atoms. The summed E-state index contributed by atoms with van der Waals surface area (Å²) in [5.74, 6) is 0.0675. The normalized spacial score (nSPS) is 15.9. The average molecular weight is 337 g/mol. The molecular formula is C21H27N3O. The minimum absolute atomic E-state index is 0.0675. The highest BCUT2D eigenvalue weighted by molar-refractivity contribution is 5.92. The highest BCUT2D eigenvalue weighted by Crippen LogP contribution is 2.13. The number of nitrogens with zero attached hydrogens (tertiary/aromatic N) is 2. The molecule has 3 rings (SSSR count). The number of hydrogen-bond donors (Lipinski definition) is 1. The van der Waals surface area contributed by atoms with Gasteiger partial charge < -0.3 is 5.32 Å². The van der Waals surface area contributed by atoms with E-state index in [1.54, 1.807) is 0 Å². The largest absolute Gasteiger partial charge is 0.325 e. The van der Waals surface area contributed by atoms with Gasteiger partial charge in [0.25, 0.3) is 0 Å². The number of hydrogen-bond acceptors (Lipinski definition) is 3. The van der Waals surface area contributed by atoms with Crippen LogP contribution in [0.25, 0.3) is 0 Å². The van der Waals surface area contributed by atoms with Crippen LogP contribution in [-0.2, 0) is 11.3 Å². The Morgan fingerprint density at radius 2 is 1.68 bits per heavy atom. The highest BCUT2D eigenvalue weighted by atomic mass is 16.2. The van der Waals surface area contributed by atoms with E-state index in [9.17, 15) is 4.79 Å². The molecule has 1 aliphatic heterocycles. The Kier molecular flexibility index (Phi) is 5.84. The summed E-state index contributed by atoms with van der Waals surface area (Å²) in [7, 11) is 0. The first-order valence-electron chi connectivity index (χ1n) is 8.96. The van der Waals surface area contributed by atoms with E-state index in [0.717, 1.165) is 44.0 Å². The third kappa shape index (κ3) is 5.15. The number of carbonyl (C=O) groups is 1. The first kappa shape index (κ1) is 17.6. The molecule has 1 fully saturated rings. The van der Waals surface area contributed by atoms with E-state index >= 15 is 0 Å². The monoisotopic (exact) mass is 337 g/mol. The zero-order chi connectivity index (χ0) is 17.6. The topological polar surface area (TPSA) is 35.6 Å². The van der Waals surface area contributed by atoms with E-state index in [-0.39, 0.29) is 5.91 Å². The molecule has 0 radical (unpaired) electrons. The molecule has 1 N–H and O–H groups in total. The van der Waals surface area contributed by atoms with Crippen molar-refractivity contribution in [2.24, 2.45) is 0 Å². The second-order valence-electron chi connectivity index (χ2n) is 6.90. The van der Waals surface area contributed by atoms with Gasteiger partial charge in [-0.2, -0.15) is 0 Å². The second kappa shape index (κ2) is 8.28. The Morgan fingerprint density at radius 3 is 2.40 bits per heavy atom. The number of amides is 1. The van der Waals surface area contributed by atoms with E-state index in [1.165, 1.54) is 11.1 Å². The molecule has 2 aromatic carbocycles. The molecule has 0 saturated carbocycles. The van der Waals surface area contributed by atoms with Gasteiger partial charge in [-0.25, -0.2) is 0 Å². The quantitative estimate of drug-likeness (QED) is 0.911. The van der Waals surface area contributed by atoms with Gasteiger partial charge in [0.15, 0.2) is 0 Å². The van der Waals surface area contributed by atoms with Crippen molar-refractivity contribution in [3.05, 3.63) is 65.2 Å². The summed E-state index contributed by atoms with van der Waals surface area (Å²) >= 11 is 0. The minimum Gasteiger partial charge on any atom is -0.325 e. The first-order chi connectivity index (χ1) is 12.1. The molecule has 1 saturated heterocycles. The predicted octanol–water partition coefficient (Wildman–Crippen LogP) is 3.06. The Hall–Kier alpha value is -2.17. The lowest BCUT2D eigenvalue weighted by molar-refractivity contribution is -0.117. The molecule has 1 aliphatic rings. The fourth-order valence-corrected chi connectivity index (χ4v) is 3.26. The van der Waals surface area contributed by atoms with Gasteiger partial charge in [0.05, 0.1) is 6.54 Å². The summed E-state index contributed by atoms with van der Waals surface area (Å²) in [6.07, 6.45) is 0. The van der Waals surface area contributed by atoms with Gasteiger partial charge in [-0.05, 0) is 42.7 Å². The fraction of sp³-hybridized carbons (Fsp3) is 0.381. The molecule has 0 aromatic heterocycles. The predicted molar refractivity (Wildman–Crippen MR) is 103 cm³/mol. The van der Waals surface area contributed by atoms with Crippen LogP contribution in [-0.4, -0.2) is 48.4 Å². The molecule has 0 aliphatic carbocycles. The number of rotatable bonds is 5. The van der Waals surface area contributed by atoms with Gasteiger partial charge in [-0.1, -0.05) is 36.4 Å². The van der Waals surface area contributed by atoms with E-state index < -0.39 is 0 Å². The molecule has 0 spiro atoms. The number of nitrogens with one attached hydrogen (secondary N) is 1. The van der Waals surface area contributed by atoms with Gasteiger partial charge in [0.2, 0.25) is 5.91 Å². The van der Waals surface area contributed by atoms with Crippen LogP contribution >= 0.6 is 0 Å². The third-order valence-corrected chi connectivity index (χ3v) is 4.79. The minimum atomic E-state index is 0.0675. The number of aryl methyl sites for hydroxylation is 2. The van der Waals surface area contributed by atoms with Crippen molar-refractivity contribution in [1.82, 2.24) is 9.80 Å². The molecule has 4 heteroatoms. The fourth-order valence-electron chi connectivity index (χ4n) is 3.26. The number of benzene rings is 2. The zero-order valence-electron chi connectivity index (χ0n) is 15.2. The molecule has 2 aromatic rings. The molecule has 25 heavy (non-hydrogen) atoms. The maximum absolute atomic E-state index is 12.2. The van der Waals surface area contributed by atoms with E-state index in [2.05, 4.69) is 46.3 Å². The lowest BCUT2D eigenvalue weighted by Crippen LogP contribution is -2.48. The number of anilines is 1. The van der Waals surface area contributed by atoms with Gasteiger partial charge >= 0.3 is 0 Å². The molecule has 1 amide bonds. The summed E-state index contributed by atoms with van der Waals surface area (Å²) in [5, 5.41) is 2.99. The van der Waals surface area contributed by atoms with E-state index in [4.69, 9.17) is 0 Å². The van der Waals surface area contributed by atoms with Crippen molar-refractivity contribution in [2.45, 2.75) is 20.4 Å². The second-order valence-corrected chi connectivity index (χ2v) is 6.90. The van der Waals surface area contributed by atoms with Gasteiger partial charge in [-0.3, -0.25) is 14.6 Å². The summed E-state index contributed by atoms with van der Waals surface area (Å²) in [6.45, 7) is 9.55. The van der Waals surface area contributed by atoms with Crippen molar-refractivity contribution in [2.75, 3.05) is 38.0 Å². The van der Waals surface area contributed by atoms with Crippen LogP contribution in [0.15, 0.2) is 48.5 Å². The number of piperazine rings is 1. The standard InChI is InChI=1S/C21H27N3O/c1-17-6-5-9-20(14-17)22-21(25)16-24-12-10-23(11-13-24)15-19-8-4-3-7-18(19)2/h3-9,14H,10-13,15-16H2,1-2H3,(H,22,25). The third-order valence-electron chi connectivity index (χ3n) is 4.79. The maximum Gasteiger partial charge on any atom is 0.238 e. The van der Waals surface area contributed by atoms with Gasteiger partial charge in [0, 0.05) is 38.4 Å². The van der Waals surface area contributed by atoms with Gasteiger partial charge in [0.1, 0.15) is 0 Å². The molecule has 1 heterocycles. The summed E-state index contributed by atoms with van der Waals surface area (Å²) in [6, 6.07) is 16.5. The van der Waals surface area contributed by atoms with Crippen molar-refractivity contribution < 1.29 is 4.79 Å².